The molecule has 1 N–H and O–H groups in total. The number of hydrogen-bond donors (Lipinski definition) is 1. The van der Waals surface area contributed by atoms with Crippen LogP contribution in [-0.2, 0) is 6.18 Å². The molecule has 21 heavy (non-hydrogen) atoms. The normalized spacial score (nSPS) is 13.4. The Hall–Kier alpha value is -1.40. The van der Waals surface area contributed by atoms with Gasteiger partial charge >= 0.3 is 6.18 Å². The Morgan fingerprint density at radius 2 is 2.00 bits per heavy atom. The Labute approximate surface area is 124 Å². The van der Waals surface area contributed by atoms with Crippen molar-refractivity contribution in [3.05, 3.63) is 57.5 Å². The number of benzene rings is 1. The van der Waals surface area contributed by atoms with Crippen LogP contribution in [0.2, 0.25) is 0 Å². The van der Waals surface area contributed by atoms with E-state index in [-0.39, 0.29) is 5.56 Å². The van der Waals surface area contributed by atoms with Gasteiger partial charge in [0.05, 0.1) is 11.6 Å². The number of halogens is 4. The van der Waals surface area contributed by atoms with Crippen LogP contribution >= 0.6 is 11.3 Å². The lowest BCUT2D eigenvalue weighted by atomic mass is 9.95. The average molecular weight is 317 g/mol. The van der Waals surface area contributed by atoms with Crippen molar-refractivity contribution < 1.29 is 17.6 Å². The minimum atomic E-state index is -4.51. The largest absolute Gasteiger partial charge is 0.416 e. The Bertz CT molecular complexity index is 578. The van der Waals surface area contributed by atoms with E-state index < -0.39 is 23.6 Å². The van der Waals surface area contributed by atoms with Crippen molar-refractivity contribution in [1.82, 2.24) is 5.32 Å². The van der Waals surface area contributed by atoms with Crippen LogP contribution < -0.4 is 5.32 Å². The fourth-order valence-corrected chi connectivity index (χ4v) is 2.85. The van der Waals surface area contributed by atoms with E-state index >= 15 is 0 Å². The molecule has 1 heterocycles. The second-order valence-electron chi connectivity index (χ2n) is 4.67. The van der Waals surface area contributed by atoms with Gasteiger partial charge in [-0.1, -0.05) is 6.92 Å². The molecule has 114 valence electrons. The highest BCUT2D eigenvalue weighted by Gasteiger charge is 2.35. The summed E-state index contributed by atoms with van der Waals surface area (Å²) in [7, 11) is 0. The number of hydrogen-bond acceptors (Lipinski definition) is 2. The van der Waals surface area contributed by atoms with Gasteiger partial charge in [0.25, 0.3) is 0 Å². The lowest BCUT2D eigenvalue weighted by molar-refractivity contribution is -0.138. The predicted molar refractivity (Wildman–Crippen MR) is 75.9 cm³/mol. The molecule has 1 atom stereocenters. The number of thiophene rings is 1. The molecular formula is C15H15F4NS. The lowest BCUT2D eigenvalue weighted by Crippen LogP contribution is -2.25. The highest BCUT2D eigenvalue weighted by atomic mass is 32.1. The van der Waals surface area contributed by atoms with Gasteiger partial charge < -0.3 is 5.32 Å². The predicted octanol–water partition coefficient (Wildman–Crippen LogP) is 5.00. The van der Waals surface area contributed by atoms with Gasteiger partial charge in [0.15, 0.2) is 0 Å². The summed E-state index contributed by atoms with van der Waals surface area (Å²) in [6, 6.07) is 3.70. The molecule has 0 amide bonds. The molecule has 1 aromatic heterocycles. The van der Waals surface area contributed by atoms with Gasteiger partial charge in [0.1, 0.15) is 5.82 Å². The van der Waals surface area contributed by atoms with Gasteiger partial charge in [-0.2, -0.15) is 24.5 Å². The summed E-state index contributed by atoms with van der Waals surface area (Å²) in [5.41, 5.74) is -0.164. The molecule has 0 bridgehead atoms. The van der Waals surface area contributed by atoms with Crippen molar-refractivity contribution in [2.75, 3.05) is 6.54 Å². The molecule has 2 rings (SSSR count). The van der Waals surface area contributed by atoms with Crippen LogP contribution in [0.3, 0.4) is 0 Å². The summed E-state index contributed by atoms with van der Waals surface area (Å²) >= 11 is 1.40. The van der Waals surface area contributed by atoms with Crippen molar-refractivity contribution in [2.24, 2.45) is 0 Å². The highest BCUT2D eigenvalue weighted by Crippen LogP contribution is 2.37. The minimum Gasteiger partial charge on any atom is -0.306 e. The number of nitrogens with one attached hydrogen (secondary N) is 1. The maximum Gasteiger partial charge on any atom is 0.416 e. The molecular weight excluding hydrogens is 302 g/mol. The van der Waals surface area contributed by atoms with E-state index in [1.165, 1.54) is 11.3 Å². The van der Waals surface area contributed by atoms with Gasteiger partial charge in [-0.25, -0.2) is 4.39 Å². The Morgan fingerprint density at radius 1 is 1.24 bits per heavy atom. The minimum absolute atomic E-state index is 0.0747. The van der Waals surface area contributed by atoms with Gasteiger partial charge in [-0.05, 0) is 59.1 Å². The number of alkyl halides is 3. The van der Waals surface area contributed by atoms with Crippen LogP contribution in [-0.4, -0.2) is 6.54 Å². The van der Waals surface area contributed by atoms with Gasteiger partial charge in [0.2, 0.25) is 0 Å². The third-order valence-corrected chi connectivity index (χ3v) is 3.81. The summed E-state index contributed by atoms with van der Waals surface area (Å²) in [4.78, 5) is 0. The summed E-state index contributed by atoms with van der Waals surface area (Å²) < 4.78 is 52.9. The molecule has 1 unspecified atom stereocenters. The lowest BCUT2D eigenvalue weighted by Gasteiger charge is -2.22. The maximum atomic E-state index is 13.5. The average Bonchev–Trinajstić information content (AvgIpc) is 2.92. The van der Waals surface area contributed by atoms with E-state index in [1.807, 2.05) is 6.92 Å². The van der Waals surface area contributed by atoms with Crippen LogP contribution in [0.1, 0.15) is 36.1 Å². The Kier molecular flexibility index (Phi) is 5.00. The summed E-state index contributed by atoms with van der Waals surface area (Å²) in [6.07, 6.45) is -3.73. The summed E-state index contributed by atoms with van der Waals surface area (Å²) in [5.74, 6) is -0.670. The third kappa shape index (κ3) is 3.83. The van der Waals surface area contributed by atoms with E-state index in [0.29, 0.717) is 12.1 Å². The topological polar surface area (TPSA) is 12.0 Å². The second kappa shape index (κ2) is 6.58. The zero-order valence-electron chi connectivity index (χ0n) is 11.4. The molecule has 1 aromatic carbocycles. The summed E-state index contributed by atoms with van der Waals surface area (Å²) in [5, 5.41) is 6.64. The van der Waals surface area contributed by atoms with Crippen LogP contribution in [0.25, 0.3) is 0 Å². The molecule has 0 aliphatic carbocycles. The molecule has 0 aliphatic heterocycles. The van der Waals surface area contributed by atoms with Crippen molar-refractivity contribution in [1.29, 1.82) is 0 Å². The van der Waals surface area contributed by atoms with Crippen molar-refractivity contribution in [3.63, 3.8) is 0 Å². The van der Waals surface area contributed by atoms with Crippen molar-refractivity contribution in [2.45, 2.75) is 25.6 Å². The van der Waals surface area contributed by atoms with Crippen LogP contribution in [0, 0.1) is 5.82 Å². The highest BCUT2D eigenvalue weighted by molar-refractivity contribution is 7.08. The fraction of sp³-hybridized carbons (Fsp3) is 0.333. The second-order valence-corrected chi connectivity index (χ2v) is 5.45. The van der Waals surface area contributed by atoms with E-state index in [2.05, 4.69) is 5.32 Å². The SMILES string of the molecule is CCCNC(c1ccsc1)c1cc(F)ccc1C(F)(F)F. The monoisotopic (exact) mass is 317 g/mol. The standard InChI is InChI=1S/C15H15F4NS/c1-2-6-20-14(10-5-7-21-9-10)12-8-11(16)3-4-13(12)15(17,18)19/h3-5,7-9,14,20H,2,6H2,1H3. The van der Waals surface area contributed by atoms with Crippen molar-refractivity contribution >= 4 is 11.3 Å². The zero-order chi connectivity index (χ0) is 15.5. The summed E-state index contributed by atoms with van der Waals surface area (Å²) in [6.45, 7) is 2.47. The molecule has 0 aliphatic rings. The fourth-order valence-electron chi connectivity index (χ4n) is 2.17. The smallest absolute Gasteiger partial charge is 0.306 e. The molecule has 6 heteroatoms. The quantitative estimate of drug-likeness (QED) is 0.766. The van der Waals surface area contributed by atoms with Gasteiger partial charge in [-0.3, -0.25) is 0 Å². The van der Waals surface area contributed by atoms with Crippen LogP contribution in [0.15, 0.2) is 35.0 Å². The first kappa shape index (κ1) is 16.0. The number of rotatable bonds is 5. The van der Waals surface area contributed by atoms with Crippen LogP contribution in [0.5, 0.6) is 0 Å². The van der Waals surface area contributed by atoms with Gasteiger partial charge in [0, 0.05) is 0 Å². The Balaban J connectivity index is 2.51. The molecule has 1 nitrogen and oxygen atoms in total. The van der Waals surface area contributed by atoms with E-state index in [9.17, 15) is 17.6 Å². The Morgan fingerprint density at radius 3 is 2.57 bits per heavy atom. The first-order valence-corrected chi connectivity index (χ1v) is 7.50. The van der Waals surface area contributed by atoms with Crippen LogP contribution in [0.4, 0.5) is 17.6 Å². The maximum absolute atomic E-state index is 13.5. The molecule has 0 saturated heterocycles. The molecule has 2 aromatic rings. The van der Waals surface area contributed by atoms with Gasteiger partial charge in [-0.15, -0.1) is 0 Å². The molecule has 0 fully saturated rings. The molecule has 0 saturated carbocycles. The van der Waals surface area contributed by atoms with E-state index in [1.54, 1.807) is 16.8 Å². The molecule has 0 radical (unpaired) electrons. The molecule has 0 spiro atoms. The third-order valence-electron chi connectivity index (χ3n) is 3.10. The first-order valence-electron chi connectivity index (χ1n) is 6.55. The van der Waals surface area contributed by atoms with Crippen molar-refractivity contribution in [3.8, 4) is 0 Å². The zero-order valence-corrected chi connectivity index (χ0v) is 12.2. The van der Waals surface area contributed by atoms with E-state index in [0.717, 1.165) is 24.6 Å². The van der Waals surface area contributed by atoms with E-state index in [4.69, 9.17) is 0 Å². The first-order chi connectivity index (χ1) is 9.93.